The van der Waals surface area contributed by atoms with Gasteiger partial charge in [-0.1, -0.05) is 11.8 Å². The molecule has 0 saturated carbocycles. The number of nitrogens with two attached hydrogens (primary N) is 1. The minimum atomic E-state index is -3.61. The molecule has 5 nitrogen and oxygen atoms in total. The zero-order chi connectivity index (χ0) is 15.3. The smallest absolute Gasteiger partial charge is 0.235 e. The second-order valence-electron chi connectivity index (χ2n) is 4.66. The van der Waals surface area contributed by atoms with Gasteiger partial charge in [-0.15, -0.1) is 0 Å². The maximum atomic E-state index is 13.9. The Hall–Kier alpha value is -1.62. The van der Waals surface area contributed by atoms with Crippen LogP contribution < -0.4 is 10.5 Å². The van der Waals surface area contributed by atoms with Crippen molar-refractivity contribution in [3.05, 3.63) is 29.6 Å². The maximum absolute atomic E-state index is 13.9. The highest BCUT2D eigenvalue weighted by atomic mass is 32.2. The van der Waals surface area contributed by atoms with Gasteiger partial charge in [0.2, 0.25) is 10.0 Å². The fourth-order valence-corrected chi connectivity index (χ4v) is 3.50. The Morgan fingerprint density at radius 3 is 2.71 bits per heavy atom. The first-order valence-electron chi connectivity index (χ1n) is 6.61. The second kappa shape index (κ2) is 6.89. The zero-order valence-corrected chi connectivity index (χ0v) is 12.2. The SMILES string of the molecule is NCC#Cc1ccc(NS(=O)(=O)C2CCOCC2)c(F)c1. The normalized spacial score (nSPS) is 16.1. The molecule has 1 aromatic carbocycles. The van der Waals surface area contributed by atoms with Gasteiger partial charge in [-0.25, -0.2) is 12.8 Å². The molecule has 0 atom stereocenters. The number of benzene rings is 1. The lowest BCUT2D eigenvalue weighted by Crippen LogP contribution is -2.33. The number of anilines is 1. The van der Waals surface area contributed by atoms with Gasteiger partial charge in [0.05, 0.1) is 17.5 Å². The molecule has 2 rings (SSSR count). The summed E-state index contributed by atoms with van der Waals surface area (Å²) in [5.74, 6) is 4.64. The molecule has 0 aromatic heterocycles. The van der Waals surface area contributed by atoms with Gasteiger partial charge in [-0.05, 0) is 31.0 Å². The summed E-state index contributed by atoms with van der Waals surface area (Å²) in [5, 5.41) is -0.553. The van der Waals surface area contributed by atoms with Crippen LogP contribution in [0, 0.1) is 17.7 Å². The molecule has 1 aromatic rings. The summed E-state index contributed by atoms with van der Waals surface area (Å²) in [5.41, 5.74) is 5.62. The lowest BCUT2D eigenvalue weighted by atomic mass is 10.2. The Labute approximate surface area is 123 Å². The summed E-state index contributed by atoms with van der Waals surface area (Å²) < 4.78 is 45.7. The van der Waals surface area contributed by atoms with Crippen molar-refractivity contribution in [1.82, 2.24) is 0 Å². The van der Waals surface area contributed by atoms with Crippen molar-refractivity contribution in [2.75, 3.05) is 24.5 Å². The van der Waals surface area contributed by atoms with Gasteiger partial charge >= 0.3 is 0 Å². The first-order chi connectivity index (χ1) is 10.0. The second-order valence-corrected chi connectivity index (χ2v) is 6.62. The Balaban J connectivity index is 2.15. The Bertz CT molecular complexity index is 659. The summed E-state index contributed by atoms with van der Waals surface area (Å²) in [6.45, 7) is 0.989. The van der Waals surface area contributed by atoms with Crippen LogP contribution in [0.3, 0.4) is 0 Å². The molecule has 1 saturated heterocycles. The van der Waals surface area contributed by atoms with Gasteiger partial charge in [-0.2, -0.15) is 0 Å². The third kappa shape index (κ3) is 4.17. The van der Waals surface area contributed by atoms with E-state index in [0.717, 1.165) is 0 Å². The van der Waals surface area contributed by atoms with Crippen molar-refractivity contribution in [1.29, 1.82) is 0 Å². The molecule has 0 amide bonds. The van der Waals surface area contributed by atoms with E-state index in [1.54, 1.807) is 6.07 Å². The number of hydrogen-bond donors (Lipinski definition) is 2. The van der Waals surface area contributed by atoms with E-state index >= 15 is 0 Å². The van der Waals surface area contributed by atoms with Crippen LogP contribution in [0.15, 0.2) is 18.2 Å². The third-order valence-corrected chi connectivity index (χ3v) is 5.02. The van der Waals surface area contributed by atoms with Crippen molar-refractivity contribution in [2.24, 2.45) is 5.73 Å². The third-order valence-electron chi connectivity index (χ3n) is 3.16. The van der Waals surface area contributed by atoms with Gasteiger partial charge < -0.3 is 10.5 Å². The van der Waals surface area contributed by atoms with Gasteiger partial charge in [0, 0.05) is 18.8 Å². The van der Waals surface area contributed by atoms with Crippen LogP contribution in [-0.2, 0) is 14.8 Å². The number of rotatable bonds is 3. The van der Waals surface area contributed by atoms with E-state index in [1.165, 1.54) is 12.1 Å². The zero-order valence-electron chi connectivity index (χ0n) is 11.4. The van der Waals surface area contributed by atoms with E-state index in [2.05, 4.69) is 16.6 Å². The van der Waals surface area contributed by atoms with Gasteiger partial charge in [-0.3, -0.25) is 4.72 Å². The molecule has 7 heteroatoms. The molecule has 1 fully saturated rings. The number of ether oxygens (including phenoxy) is 1. The van der Waals surface area contributed by atoms with E-state index in [1.807, 2.05) is 0 Å². The fraction of sp³-hybridized carbons (Fsp3) is 0.429. The molecule has 114 valence electrons. The minimum absolute atomic E-state index is 0.0696. The largest absolute Gasteiger partial charge is 0.381 e. The van der Waals surface area contributed by atoms with Crippen LogP contribution in [0.1, 0.15) is 18.4 Å². The molecule has 21 heavy (non-hydrogen) atoms. The van der Waals surface area contributed by atoms with Crippen molar-refractivity contribution in [3.8, 4) is 11.8 Å². The molecule has 1 heterocycles. The van der Waals surface area contributed by atoms with Crippen LogP contribution in [0.25, 0.3) is 0 Å². The molecule has 0 spiro atoms. The highest BCUT2D eigenvalue weighted by Gasteiger charge is 2.28. The number of sulfonamides is 1. The summed E-state index contributed by atoms with van der Waals surface area (Å²) in [7, 11) is -3.61. The van der Waals surface area contributed by atoms with Crippen molar-refractivity contribution >= 4 is 15.7 Å². The molecule has 0 bridgehead atoms. The minimum Gasteiger partial charge on any atom is -0.381 e. The highest BCUT2D eigenvalue weighted by molar-refractivity contribution is 7.93. The number of halogens is 1. The standard InChI is InChI=1S/C14H17FN2O3S/c15-13-10-11(2-1-7-16)3-4-14(13)17-21(18,19)12-5-8-20-9-6-12/h3-4,10,12,17H,5-9,16H2. The van der Waals surface area contributed by atoms with E-state index in [0.29, 0.717) is 31.6 Å². The number of nitrogens with one attached hydrogen (secondary N) is 1. The molecule has 0 radical (unpaired) electrons. The summed E-state index contributed by atoms with van der Waals surface area (Å²) >= 11 is 0. The highest BCUT2D eigenvalue weighted by Crippen LogP contribution is 2.22. The summed E-state index contributed by atoms with van der Waals surface area (Å²) in [6, 6.07) is 4.10. The molecular formula is C14H17FN2O3S. The molecular weight excluding hydrogens is 295 g/mol. The molecule has 1 aliphatic rings. The van der Waals surface area contributed by atoms with E-state index in [9.17, 15) is 12.8 Å². The van der Waals surface area contributed by atoms with Crippen molar-refractivity contribution < 1.29 is 17.5 Å². The first kappa shape index (κ1) is 15.8. The van der Waals surface area contributed by atoms with Gasteiger partial charge in [0.15, 0.2) is 0 Å². The van der Waals surface area contributed by atoms with E-state index in [-0.39, 0.29) is 12.2 Å². The monoisotopic (exact) mass is 312 g/mol. The first-order valence-corrected chi connectivity index (χ1v) is 8.15. The van der Waals surface area contributed by atoms with Crippen LogP contribution in [0.5, 0.6) is 0 Å². The van der Waals surface area contributed by atoms with Crippen LogP contribution in [0.4, 0.5) is 10.1 Å². The Morgan fingerprint density at radius 2 is 2.10 bits per heavy atom. The van der Waals surface area contributed by atoms with Gasteiger partial charge in [0.1, 0.15) is 5.82 Å². The van der Waals surface area contributed by atoms with Crippen molar-refractivity contribution in [2.45, 2.75) is 18.1 Å². The van der Waals surface area contributed by atoms with Crippen LogP contribution >= 0.6 is 0 Å². The number of hydrogen-bond acceptors (Lipinski definition) is 4. The topological polar surface area (TPSA) is 81.4 Å². The lowest BCUT2D eigenvalue weighted by Gasteiger charge is -2.22. The van der Waals surface area contributed by atoms with E-state index in [4.69, 9.17) is 10.5 Å². The molecule has 0 aliphatic carbocycles. The molecule has 3 N–H and O–H groups in total. The summed E-state index contributed by atoms with van der Waals surface area (Å²) in [4.78, 5) is 0. The van der Waals surface area contributed by atoms with E-state index < -0.39 is 21.1 Å². The molecule has 1 aliphatic heterocycles. The van der Waals surface area contributed by atoms with Gasteiger partial charge in [0.25, 0.3) is 0 Å². The quantitative estimate of drug-likeness (QED) is 0.818. The Kier molecular flexibility index (Phi) is 5.17. The average molecular weight is 312 g/mol. The summed E-state index contributed by atoms with van der Waals surface area (Å²) in [6.07, 6.45) is 0.827. The predicted octanol–water partition coefficient (Wildman–Crippen LogP) is 1.06. The van der Waals surface area contributed by atoms with Crippen molar-refractivity contribution in [3.63, 3.8) is 0 Å². The maximum Gasteiger partial charge on any atom is 0.235 e. The predicted molar refractivity (Wildman–Crippen MR) is 78.7 cm³/mol. The fourth-order valence-electron chi connectivity index (χ4n) is 2.05. The van der Waals surface area contributed by atoms with Crippen LogP contribution in [0.2, 0.25) is 0 Å². The average Bonchev–Trinajstić information content (AvgIpc) is 2.48. The lowest BCUT2D eigenvalue weighted by molar-refractivity contribution is 0.0984. The van der Waals surface area contributed by atoms with Crippen LogP contribution in [-0.4, -0.2) is 33.4 Å². The molecule has 0 unspecified atom stereocenters. The Morgan fingerprint density at radius 1 is 1.38 bits per heavy atom.